The number of aliphatic hydroxyl groups excluding tert-OH is 1. The van der Waals surface area contributed by atoms with Crippen molar-refractivity contribution in [3.05, 3.63) is 30.1 Å². The standard InChI is InChI=1S/C14H23N3O/c1-16-8-4-9-17(12-14(16)6-10-18)11-13-5-2-3-7-15-13/h2-3,5,7,14,18H,4,6,8-12H2,1H3. The van der Waals surface area contributed by atoms with Gasteiger partial charge in [-0.3, -0.25) is 9.88 Å². The maximum absolute atomic E-state index is 9.15. The van der Waals surface area contributed by atoms with E-state index >= 15 is 0 Å². The van der Waals surface area contributed by atoms with Crippen molar-refractivity contribution in [1.29, 1.82) is 0 Å². The van der Waals surface area contributed by atoms with Crippen LogP contribution in [0.25, 0.3) is 0 Å². The lowest BCUT2D eigenvalue weighted by Gasteiger charge is -2.28. The molecule has 0 bridgehead atoms. The quantitative estimate of drug-likeness (QED) is 0.863. The maximum Gasteiger partial charge on any atom is 0.0543 e. The smallest absolute Gasteiger partial charge is 0.0543 e. The first kappa shape index (κ1) is 13.5. The van der Waals surface area contributed by atoms with Gasteiger partial charge in [-0.25, -0.2) is 0 Å². The van der Waals surface area contributed by atoms with Crippen LogP contribution in [0.15, 0.2) is 24.4 Å². The lowest BCUT2D eigenvalue weighted by molar-refractivity contribution is 0.162. The van der Waals surface area contributed by atoms with Crippen LogP contribution in [0.1, 0.15) is 18.5 Å². The molecule has 2 rings (SSSR count). The van der Waals surface area contributed by atoms with Crippen LogP contribution in [-0.2, 0) is 6.54 Å². The van der Waals surface area contributed by atoms with Gasteiger partial charge in [-0.15, -0.1) is 0 Å². The highest BCUT2D eigenvalue weighted by molar-refractivity contribution is 5.03. The Morgan fingerprint density at radius 3 is 3.00 bits per heavy atom. The molecule has 0 amide bonds. The van der Waals surface area contributed by atoms with Gasteiger partial charge in [0.2, 0.25) is 0 Å². The second-order valence-electron chi connectivity index (χ2n) is 5.06. The molecule has 1 aromatic rings. The van der Waals surface area contributed by atoms with Crippen LogP contribution in [0.5, 0.6) is 0 Å². The zero-order valence-electron chi connectivity index (χ0n) is 11.1. The summed E-state index contributed by atoms with van der Waals surface area (Å²) in [6.07, 6.45) is 3.89. The molecule has 0 aromatic carbocycles. The molecule has 1 aliphatic rings. The van der Waals surface area contributed by atoms with Gasteiger partial charge in [0.05, 0.1) is 5.69 Å². The number of aliphatic hydroxyl groups is 1. The van der Waals surface area contributed by atoms with Crippen molar-refractivity contribution in [3.8, 4) is 0 Å². The summed E-state index contributed by atoms with van der Waals surface area (Å²) < 4.78 is 0. The monoisotopic (exact) mass is 249 g/mol. The summed E-state index contributed by atoms with van der Waals surface area (Å²) in [6.45, 7) is 4.43. The van der Waals surface area contributed by atoms with E-state index in [9.17, 15) is 0 Å². The zero-order valence-corrected chi connectivity index (χ0v) is 11.1. The predicted octanol–water partition coefficient (Wildman–Crippen LogP) is 0.970. The minimum absolute atomic E-state index is 0.270. The fourth-order valence-electron chi connectivity index (χ4n) is 2.58. The molecule has 18 heavy (non-hydrogen) atoms. The summed E-state index contributed by atoms with van der Waals surface area (Å²) in [5.74, 6) is 0. The SMILES string of the molecule is CN1CCCN(Cc2ccccn2)CC1CCO. The van der Waals surface area contributed by atoms with E-state index in [2.05, 4.69) is 27.9 Å². The van der Waals surface area contributed by atoms with Crippen LogP contribution in [-0.4, -0.2) is 59.2 Å². The van der Waals surface area contributed by atoms with Crippen LogP contribution in [0.4, 0.5) is 0 Å². The van der Waals surface area contributed by atoms with Gasteiger partial charge in [0.1, 0.15) is 0 Å². The van der Waals surface area contributed by atoms with Gasteiger partial charge in [-0.05, 0) is 45.1 Å². The van der Waals surface area contributed by atoms with Crippen LogP contribution >= 0.6 is 0 Å². The number of hydrogen-bond acceptors (Lipinski definition) is 4. The van der Waals surface area contributed by atoms with E-state index in [1.165, 1.54) is 6.42 Å². The topological polar surface area (TPSA) is 39.6 Å². The van der Waals surface area contributed by atoms with Crippen molar-refractivity contribution in [2.45, 2.75) is 25.4 Å². The third-order valence-corrected chi connectivity index (χ3v) is 3.65. The first-order chi connectivity index (χ1) is 8.79. The third-order valence-electron chi connectivity index (χ3n) is 3.65. The highest BCUT2D eigenvalue weighted by Crippen LogP contribution is 2.13. The van der Waals surface area contributed by atoms with Gasteiger partial charge < -0.3 is 10.0 Å². The van der Waals surface area contributed by atoms with Crippen molar-refractivity contribution in [3.63, 3.8) is 0 Å². The molecular formula is C14H23N3O. The molecule has 0 spiro atoms. The molecule has 0 saturated carbocycles. The Balaban J connectivity index is 1.95. The van der Waals surface area contributed by atoms with Crippen molar-refractivity contribution in [2.75, 3.05) is 33.3 Å². The summed E-state index contributed by atoms with van der Waals surface area (Å²) in [6, 6.07) is 6.53. The molecule has 1 fully saturated rings. The second kappa shape index (κ2) is 6.83. The van der Waals surface area contributed by atoms with Crippen LogP contribution in [0.2, 0.25) is 0 Å². The molecule has 0 aliphatic carbocycles. The molecule has 1 saturated heterocycles. The number of hydrogen-bond donors (Lipinski definition) is 1. The minimum Gasteiger partial charge on any atom is -0.396 e. The Bertz CT molecular complexity index is 344. The van der Waals surface area contributed by atoms with Crippen LogP contribution in [0, 0.1) is 0 Å². The first-order valence-corrected chi connectivity index (χ1v) is 6.73. The van der Waals surface area contributed by atoms with E-state index in [1.54, 1.807) is 0 Å². The van der Waals surface area contributed by atoms with E-state index in [1.807, 2.05) is 18.3 Å². The Morgan fingerprint density at radius 1 is 1.39 bits per heavy atom. The van der Waals surface area contributed by atoms with Crippen molar-refractivity contribution < 1.29 is 5.11 Å². The number of likely N-dealkylation sites (N-methyl/N-ethyl adjacent to an activating group) is 1. The highest BCUT2D eigenvalue weighted by Gasteiger charge is 2.21. The summed E-state index contributed by atoms with van der Waals surface area (Å²) in [5.41, 5.74) is 1.13. The fourth-order valence-corrected chi connectivity index (χ4v) is 2.58. The summed E-state index contributed by atoms with van der Waals surface area (Å²) in [5, 5.41) is 9.15. The molecule has 100 valence electrons. The second-order valence-corrected chi connectivity index (χ2v) is 5.06. The molecule has 4 heteroatoms. The van der Waals surface area contributed by atoms with Crippen LogP contribution in [0.3, 0.4) is 0 Å². The normalized spacial score (nSPS) is 22.9. The average molecular weight is 249 g/mol. The minimum atomic E-state index is 0.270. The number of aromatic nitrogens is 1. The molecule has 1 unspecified atom stereocenters. The molecule has 2 heterocycles. The number of rotatable bonds is 4. The molecule has 1 atom stereocenters. The van der Waals surface area contributed by atoms with E-state index in [4.69, 9.17) is 5.11 Å². The van der Waals surface area contributed by atoms with E-state index < -0.39 is 0 Å². The molecule has 1 aliphatic heterocycles. The lowest BCUT2D eigenvalue weighted by atomic mass is 10.2. The van der Waals surface area contributed by atoms with E-state index in [0.717, 1.165) is 38.3 Å². The van der Waals surface area contributed by atoms with Crippen LogP contribution < -0.4 is 0 Å². The average Bonchev–Trinajstić information content (AvgIpc) is 2.54. The Labute approximate surface area is 109 Å². The molecule has 1 N–H and O–H groups in total. The zero-order chi connectivity index (χ0) is 12.8. The van der Waals surface area contributed by atoms with Gasteiger partial charge in [-0.1, -0.05) is 6.07 Å². The molecule has 0 radical (unpaired) electrons. The van der Waals surface area contributed by atoms with Crippen molar-refractivity contribution in [2.24, 2.45) is 0 Å². The van der Waals surface area contributed by atoms with Crippen molar-refractivity contribution >= 4 is 0 Å². The third kappa shape index (κ3) is 3.77. The number of nitrogens with zero attached hydrogens (tertiary/aromatic N) is 3. The van der Waals surface area contributed by atoms with E-state index in [0.29, 0.717) is 6.04 Å². The van der Waals surface area contributed by atoms with Gasteiger partial charge in [-0.2, -0.15) is 0 Å². The fraction of sp³-hybridized carbons (Fsp3) is 0.643. The summed E-state index contributed by atoms with van der Waals surface area (Å²) in [7, 11) is 2.16. The van der Waals surface area contributed by atoms with Gasteiger partial charge in [0.25, 0.3) is 0 Å². The van der Waals surface area contributed by atoms with Gasteiger partial charge in [0, 0.05) is 31.9 Å². The van der Waals surface area contributed by atoms with Gasteiger partial charge in [0.15, 0.2) is 0 Å². The highest BCUT2D eigenvalue weighted by atomic mass is 16.3. The lowest BCUT2D eigenvalue weighted by Crippen LogP contribution is -2.39. The maximum atomic E-state index is 9.15. The van der Waals surface area contributed by atoms with E-state index in [-0.39, 0.29) is 6.61 Å². The number of pyridine rings is 1. The molecule has 1 aromatic heterocycles. The summed E-state index contributed by atoms with van der Waals surface area (Å²) >= 11 is 0. The molecular weight excluding hydrogens is 226 g/mol. The Hall–Kier alpha value is -0.970. The summed E-state index contributed by atoms with van der Waals surface area (Å²) in [4.78, 5) is 9.21. The predicted molar refractivity (Wildman–Crippen MR) is 72.3 cm³/mol. The first-order valence-electron chi connectivity index (χ1n) is 6.73. The Kier molecular flexibility index (Phi) is 5.11. The van der Waals surface area contributed by atoms with Crippen molar-refractivity contribution in [1.82, 2.24) is 14.8 Å². The largest absolute Gasteiger partial charge is 0.396 e. The van der Waals surface area contributed by atoms with Gasteiger partial charge >= 0.3 is 0 Å². The Morgan fingerprint density at radius 2 is 2.28 bits per heavy atom. The molecule has 4 nitrogen and oxygen atoms in total.